The second-order valence-electron chi connectivity index (χ2n) is 4.20. The summed E-state index contributed by atoms with van der Waals surface area (Å²) in [5, 5.41) is 11.7. The number of hydrogen-bond donors (Lipinski definition) is 0. The molecule has 0 fully saturated rings. The average molecular weight is 322 g/mol. The van der Waals surface area contributed by atoms with Crippen LogP contribution in [0.2, 0.25) is 10.0 Å². The molecule has 0 N–H and O–H groups in total. The number of carboxylic acids is 1. The Hall–Kier alpha value is -1.97. The molecule has 0 unspecified atom stereocenters. The van der Waals surface area contributed by atoms with Crippen molar-refractivity contribution in [3.63, 3.8) is 0 Å². The van der Waals surface area contributed by atoms with Crippen molar-refractivity contribution in [1.82, 2.24) is 0 Å². The minimum Gasteiger partial charge on any atom is -0.545 e. The predicted octanol–water partition coefficient (Wildman–Crippen LogP) is 3.18. The van der Waals surface area contributed by atoms with E-state index in [0.29, 0.717) is 32.5 Å². The van der Waals surface area contributed by atoms with Crippen molar-refractivity contribution in [3.8, 4) is 5.75 Å². The molecule has 0 bridgehead atoms. The molecule has 0 aromatic heterocycles. The van der Waals surface area contributed by atoms with E-state index in [1.54, 1.807) is 49.6 Å². The lowest BCUT2D eigenvalue weighted by atomic mass is 9.97. The maximum atomic E-state index is 11.0. The molecule has 21 heavy (non-hydrogen) atoms. The molecule has 3 nitrogen and oxygen atoms in total. The second-order valence-corrected chi connectivity index (χ2v) is 5.02. The van der Waals surface area contributed by atoms with Gasteiger partial charge in [-0.3, -0.25) is 0 Å². The minimum atomic E-state index is -1.32. The SMILES string of the molecule is COc1ccc(/C(=C/C(=O)[O-])c2c(Cl)cccc2Cl)cc1. The Kier molecular flexibility index (Phi) is 4.89. The third kappa shape index (κ3) is 3.57. The number of benzene rings is 2. The molecular weight excluding hydrogens is 311 g/mol. The monoisotopic (exact) mass is 321 g/mol. The summed E-state index contributed by atoms with van der Waals surface area (Å²) in [5.74, 6) is -0.659. The molecule has 0 spiro atoms. The van der Waals surface area contributed by atoms with Crippen LogP contribution < -0.4 is 9.84 Å². The van der Waals surface area contributed by atoms with Gasteiger partial charge in [-0.2, -0.15) is 0 Å². The van der Waals surface area contributed by atoms with Crippen molar-refractivity contribution in [2.75, 3.05) is 7.11 Å². The van der Waals surface area contributed by atoms with Crippen molar-refractivity contribution in [2.45, 2.75) is 0 Å². The van der Waals surface area contributed by atoms with Crippen LogP contribution in [0.1, 0.15) is 11.1 Å². The van der Waals surface area contributed by atoms with Gasteiger partial charge in [0, 0.05) is 15.6 Å². The number of hydrogen-bond acceptors (Lipinski definition) is 3. The number of methoxy groups -OCH3 is 1. The fraction of sp³-hybridized carbons (Fsp3) is 0.0625. The van der Waals surface area contributed by atoms with Gasteiger partial charge in [-0.25, -0.2) is 0 Å². The summed E-state index contributed by atoms with van der Waals surface area (Å²) in [6, 6.07) is 11.9. The van der Waals surface area contributed by atoms with Gasteiger partial charge >= 0.3 is 0 Å². The van der Waals surface area contributed by atoms with Crippen LogP contribution in [0.4, 0.5) is 0 Å². The summed E-state index contributed by atoms with van der Waals surface area (Å²) in [6.45, 7) is 0. The van der Waals surface area contributed by atoms with Gasteiger partial charge in [0.2, 0.25) is 0 Å². The largest absolute Gasteiger partial charge is 0.545 e. The van der Waals surface area contributed by atoms with Crippen molar-refractivity contribution < 1.29 is 14.6 Å². The summed E-state index contributed by atoms with van der Waals surface area (Å²) in [4.78, 5) is 11.0. The molecule has 108 valence electrons. The normalized spacial score (nSPS) is 11.3. The Balaban J connectivity index is 2.61. The first kappa shape index (κ1) is 15.4. The van der Waals surface area contributed by atoms with Crippen molar-refractivity contribution in [3.05, 3.63) is 69.7 Å². The maximum absolute atomic E-state index is 11.0. The van der Waals surface area contributed by atoms with Crippen molar-refractivity contribution >= 4 is 34.7 Å². The highest BCUT2D eigenvalue weighted by Gasteiger charge is 2.13. The number of ether oxygens (including phenoxy) is 1. The summed E-state index contributed by atoms with van der Waals surface area (Å²) in [5.41, 5.74) is 1.48. The van der Waals surface area contributed by atoms with Crippen LogP contribution in [-0.2, 0) is 4.79 Å². The molecule has 0 amide bonds. The highest BCUT2D eigenvalue weighted by Crippen LogP contribution is 2.35. The summed E-state index contributed by atoms with van der Waals surface area (Å²) >= 11 is 12.3. The number of rotatable bonds is 4. The Morgan fingerprint density at radius 3 is 2.14 bits per heavy atom. The molecule has 2 aromatic carbocycles. The van der Waals surface area contributed by atoms with Gasteiger partial charge in [-0.05, 0) is 41.5 Å². The molecule has 0 radical (unpaired) electrons. The van der Waals surface area contributed by atoms with E-state index in [1.165, 1.54) is 0 Å². The van der Waals surface area contributed by atoms with Crippen LogP contribution in [0.3, 0.4) is 0 Å². The summed E-state index contributed by atoms with van der Waals surface area (Å²) < 4.78 is 5.08. The van der Waals surface area contributed by atoms with Crippen LogP contribution in [0, 0.1) is 0 Å². The van der Waals surface area contributed by atoms with Gasteiger partial charge in [0.25, 0.3) is 0 Å². The molecule has 0 aliphatic carbocycles. The maximum Gasteiger partial charge on any atom is 0.118 e. The zero-order valence-electron chi connectivity index (χ0n) is 11.1. The Labute approximate surface area is 132 Å². The van der Waals surface area contributed by atoms with Crippen LogP contribution >= 0.6 is 23.2 Å². The average Bonchev–Trinajstić information content (AvgIpc) is 2.46. The molecule has 0 heterocycles. The molecule has 0 saturated heterocycles. The van der Waals surface area contributed by atoms with E-state index in [2.05, 4.69) is 0 Å². The lowest BCUT2D eigenvalue weighted by Crippen LogP contribution is -2.19. The molecule has 0 aliphatic heterocycles. The number of carboxylic acid groups (broad SMARTS) is 1. The quantitative estimate of drug-likeness (QED) is 0.812. The zero-order chi connectivity index (χ0) is 15.4. The van der Waals surface area contributed by atoms with E-state index in [0.717, 1.165) is 6.08 Å². The van der Waals surface area contributed by atoms with E-state index in [4.69, 9.17) is 27.9 Å². The molecule has 2 rings (SSSR count). The molecule has 2 aromatic rings. The van der Waals surface area contributed by atoms with E-state index in [9.17, 15) is 9.90 Å². The van der Waals surface area contributed by atoms with E-state index < -0.39 is 5.97 Å². The van der Waals surface area contributed by atoms with Gasteiger partial charge in [0.15, 0.2) is 0 Å². The third-order valence-electron chi connectivity index (χ3n) is 2.90. The van der Waals surface area contributed by atoms with E-state index >= 15 is 0 Å². The van der Waals surface area contributed by atoms with E-state index in [-0.39, 0.29) is 0 Å². The predicted molar refractivity (Wildman–Crippen MR) is 81.5 cm³/mol. The van der Waals surface area contributed by atoms with Gasteiger partial charge in [0.1, 0.15) is 5.75 Å². The number of halogens is 2. The Bertz CT molecular complexity index is 671. The second kappa shape index (κ2) is 6.66. The van der Waals surface area contributed by atoms with Crippen LogP contribution in [0.25, 0.3) is 5.57 Å². The van der Waals surface area contributed by atoms with Gasteiger partial charge < -0.3 is 14.6 Å². The fourth-order valence-corrected chi connectivity index (χ4v) is 2.54. The Morgan fingerprint density at radius 2 is 1.67 bits per heavy atom. The first-order chi connectivity index (χ1) is 10.0. The fourth-order valence-electron chi connectivity index (χ4n) is 1.94. The van der Waals surface area contributed by atoms with Crippen LogP contribution in [0.15, 0.2) is 48.5 Å². The first-order valence-corrected chi connectivity index (χ1v) is 6.80. The molecule has 0 atom stereocenters. The topological polar surface area (TPSA) is 49.4 Å². The molecular formula is C16H11Cl2O3-. The summed E-state index contributed by atoms with van der Waals surface area (Å²) in [7, 11) is 1.55. The summed E-state index contributed by atoms with van der Waals surface area (Å²) in [6.07, 6.45) is 0.981. The zero-order valence-corrected chi connectivity index (χ0v) is 12.6. The van der Waals surface area contributed by atoms with Crippen LogP contribution in [0.5, 0.6) is 5.75 Å². The Morgan fingerprint density at radius 1 is 1.10 bits per heavy atom. The van der Waals surface area contributed by atoms with E-state index in [1.807, 2.05) is 0 Å². The van der Waals surface area contributed by atoms with Crippen molar-refractivity contribution in [2.24, 2.45) is 0 Å². The lowest BCUT2D eigenvalue weighted by molar-refractivity contribution is -0.297. The first-order valence-electron chi connectivity index (χ1n) is 6.04. The minimum absolute atomic E-state index is 0.366. The number of carbonyl (C=O) groups is 1. The van der Waals surface area contributed by atoms with Crippen molar-refractivity contribution in [1.29, 1.82) is 0 Å². The number of aliphatic carboxylic acids is 1. The van der Waals surface area contributed by atoms with Crippen LogP contribution in [-0.4, -0.2) is 13.1 Å². The van der Waals surface area contributed by atoms with Gasteiger partial charge in [-0.1, -0.05) is 41.4 Å². The third-order valence-corrected chi connectivity index (χ3v) is 3.53. The van der Waals surface area contributed by atoms with Gasteiger partial charge in [-0.15, -0.1) is 0 Å². The highest BCUT2D eigenvalue weighted by atomic mass is 35.5. The molecule has 0 saturated carbocycles. The number of carbonyl (C=O) groups excluding carboxylic acids is 1. The highest BCUT2D eigenvalue weighted by molar-refractivity contribution is 6.38. The molecule has 0 aliphatic rings. The molecule has 5 heteroatoms. The smallest absolute Gasteiger partial charge is 0.118 e. The standard InChI is InChI=1S/C16H12Cl2O3/c1-21-11-7-5-10(6-8-11)12(9-15(19)20)16-13(17)3-2-4-14(16)18/h2-9H,1H3,(H,19,20)/p-1/b12-9-. The van der Waals surface area contributed by atoms with Gasteiger partial charge in [0.05, 0.1) is 13.1 Å². The lowest BCUT2D eigenvalue weighted by Gasteiger charge is -2.13.